The number of ether oxygens (including phenoxy) is 2. The number of fused-ring (bicyclic) bond motifs is 1. The highest BCUT2D eigenvalue weighted by atomic mass is 31.1. The van der Waals surface area contributed by atoms with E-state index in [2.05, 4.69) is 33.9 Å². The van der Waals surface area contributed by atoms with Crippen LogP contribution in [0.3, 0.4) is 0 Å². The van der Waals surface area contributed by atoms with Crippen LogP contribution in [0, 0.1) is 23.6 Å². The maximum atomic E-state index is 14.1. The average molecular weight is 782 g/mol. The first kappa shape index (κ1) is 43.5. The molecule has 1 fully saturated rings. The summed E-state index contributed by atoms with van der Waals surface area (Å²) in [4.78, 5) is 25.0. The minimum atomic E-state index is -2.77. The minimum absolute atomic E-state index is 0.0415. The summed E-state index contributed by atoms with van der Waals surface area (Å²) in [5.41, 5.74) is 4.80. The van der Waals surface area contributed by atoms with Crippen molar-refractivity contribution < 1.29 is 41.6 Å². The maximum Gasteiger partial charge on any atom is 0.613 e. The maximum absolute atomic E-state index is 14.1. The number of hydrogen-bond acceptors (Lipinski definition) is 10. The smallest absolute Gasteiger partial charge is 0.464 e. The van der Waals surface area contributed by atoms with E-state index in [0.29, 0.717) is 0 Å². The molecule has 1 aliphatic heterocycles. The van der Waals surface area contributed by atoms with Gasteiger partial charge in [-0.3, -0.25) is 9.36 Å². The van der Waals surface area contributed by atoms with Crippen LogP contribution in [0.25, 0.3) is 11.2 Å². The van der Waals surface area contributed by atoms with Gasteiger partial charge in [0, 0.05) is 18.9 Å². The van der Waals surface area contributed by atoms with Gasteiger partial charge in [-0.2, -0.15) is 14.4 Å². The fourth-order valence-corrected chi connectivity index (χ4v) is 7.73. The van der Waals surface area contributed by atoms with E-state index in [1.54, 1.807) is 6.92 Å². The number of nitrogens with zero attached hydrogens (tertiary/aromatic N) is 4. The first-order valence-corrected chi connectivity index (χ1v) is 20.6. The number of rotatable bonds is 25. The predicted octanol–water partition coefficient (Wildman–Crippen LogP) is 8.40. The van der Waals surface area contributed by atoms with Crippen LogP contribution in [-0.2, 0) is 29.8 Å². The number of carbonyl (C=O) groups excluding carboxylic acids is 1. The van der Waals surface area contributed by atoms with Crippen molar-refractivity contribution in [1.82, 2.24) is 24.6 Å². The average Bonchev–Trinajstić information content (AvgIpc) is 3.68. The molecule has 3 aromatic rings. The molecule has 3 heterocycles. The Morgan fingerprint density at radius 1 is 1.02 bits per heavy atom. The van der Waals surface area contributed by atoms with Crippen molar-refractivity contribution in [2.45, 2.75) is 147 Å². The van der Waals surface area contributed by atoms with Crippen LogP contribution in [0.15, 0.2) is 24.5 Å². The van der Waals surface area contributed by atoms with Crippen molar-refractivity contribution >= 4 is 31.1 Å². The number of benzene rings is 1. The fourth-order valence-electron chi connectivity index (χ4n) is 6.84. The number of nitrogen functional groups attached to an aromatic ring is 1. The Morgan fingerprint density at radius 3 is 2.26 bits per heavy atom. The third-order valence-electron chi connectivity index (χ3n) is 10.0. The Bertz CT molecular complexity index is 1620. The molecule has 1 saturated heterocycles. The molecule has 54 heavy (non-hydrogen) atoms. The third-order valence-corrected chi connectivity index (χ3v) is 10.9. The van der Waals surface area contributed by atoms with Crippen molar-refractivity contribution in [3.8, 4) is 0 Å². The van der Waals surface area contributed by atoms with Gasteiger partial charge in [0.05, 0.1) is 19.0 Å². The summed E-state index contributed by atoms with van der Waals surface area (Å²) in [6.45, 7) is 5.73. The standard InChI is InChI=1S/C38H57F3N6O6P/c1-4-6-8-10-12-14-16-26(17-15-13-11-9-7-5-2)23-51-36(49)30(20-27-18-28(39)21-29(40)19-27)46-54(50)52-24-38(3)31(48)22-32(53-38)47-25-43-33-34(42)44-37(41)45-35(33)47/h18-19,21,25-26,30-32,48H,4-17,20,22-24H2,1-3H3,(H,46,50)(H2,42,44,45)/q+1/t30-,31-,32+,38+/m0/s1. The Morgan fingerprint density at radius 2 is 1.63 bits per heavy atom. The third kappa shape index (κ3) is 13.2. The number of aliphatic hydroxyl groups excluding tert-OH is 1. The van der Waals surface area contributed by atoms with E-state index in [4.69, 9.17) is 19.7 Å². The number of carbonyl (C=O) groups is 1. The van der Waals surface area contributed by atoms with E-state index in [1.807, 2.05) is 0 Å². The SMILES string of the molecule is CCCCCCCCC(CCCCCCCC)COC(=O)[C@H](Cc1cc(F)cc(F)c1)N[P+](=O)OC[C@@]1(C)O[C@@H](n2cnc3c(N)nc(F)nc32)C[C@@H]1O. The summed E-state index contributed by atoms with van der Waals surface area (Å²) in [5, 5.41) is 13.6. The quantitative estimate of drug-likeness (QED) is 0.0327. The molecule has 0 bridgehead atoms. The summed E-state index contributed by atoms with van der Waals surface area (Å²) in [7, 11) is -2.77. The molecular formula is C38H57F3N6O6P+. The highest BCUT2D eigenvalue weighted by Crippen LogP contribution is 2.39. The lowest BCUT2D eigenvalue weighted by molar-refractivity contribution is -0.147. The van der Waals surface area contributed by atoms with Crippen molar-refractivity contribution in [2.24, 2.45) is 5.92 Å². The lowest BCUT2D eigenvalue weighted by Gasteiger charge is -2.25. The topological polar surface area (TPSA) is 164 Å². The molecule has 0 aliphatic carbocycles. The van der Waals surface area contributed by atoms with Gasteiger partial charge in [0.1, 0.15) is 30.1 Å². The molecule has 16 heteroatoms. The number of unbranched alkanes of at least 4 members (excludes halogenated alkanes) is 10. The molecule has 1 aromatic carbocycles. The van der Waals surface area contributed by atoms with Gasteiger partial charge >= 0.3 is 20.2 Å². The van der Waals surface area contributed by atoms with E-state index in [9.17, 15) is 27.6 Å². The molecule has 300 valence electrons. The van der Waals surface area contributed by atoms with Crippen LogP contribution in [0.2, 0.25) is 0 Å². The Balaban J connectivity index is 1.38. The second-order valence-corrected chi connectivity index (χ2v) is 15.7. The lowest BCUT2D eigenvalue weighted by Crippen LogP contribution is -2.41. The first-order chi connectivity index (χ1) is 25.9. The summed E-state index contributed by atoms with van der Waals surface area (Å²) >= 11 is 0. The number of nitrogens with two attached hydrogens (primary N) is 1. The van der Waals surface area contributed by atoms with Crippen LogP contribution < -0.4 is 10.8 Å². The number of anilines is 1. The summed E-state index contributed by atoms with van der Waals surface area (Å²) in [6.07, 6.45) is 13.9. The van der Waals surface area contributed by atoms with Gasteiger partial charge < -0.3 is 20.3 Å². The molecule has 0 radical (unpaired) electrons. The number of hydrogen-bond donors (Lipinski definition) is 3. The van der Waals surface area contributed by atoms with Crippen LogP contribution in [0.1, 0.15) is 129 Å². The monoisotopic (exact) mass is 781 g/mol. The van der Waals surface area contributed by atoms with E-state index >= 15 is 0 Å². The van der Waals surface area contributed by atoms with Gasteiger partial charge in [-0.1, -0.05) is 96.0 Å². The largest absolute Gasteiger partial charge is 0.613 e. The number of esters is 1. The van der Waals surface area contributed by atoms with E-state index in [-0.39, 0.29) is 54.5 Å². The normalized spacial score (nSPS) is 19.5. The highest BCUT2D eigenvalue weighted by molar-refractivity contribution is 7.36. The molecule has 12 nitrogen and oxygen atoms in total. The van der Waals surface area contributed by atoms with Crippen molar-refractivity contribution in [1.29, 1.82) is 0 Å². The molecule has 5 atom stereocenters. The summed E-state index contributed by atoms with van der Waals surface area (Å²) < 4.78 is 74.4. The second kappa shape index (κ2) is 21.8. The van der Waals surface area contributed by atoms with Crippen molar-refractivity contribution in [3.63, 3.8) is 0 Å². The van der Waals surface area contributed by atoms with E-state index in [1.165, 1.54) is 62.3 Å². The van der Waals surface area contributed by atoms with Gasteiger partial charge in [0.25, 0.3) is 0 Å². The number of halogens is 3. The Labute approximate surface area is 317 Å². The van der Waals surface area contributed by atoms with E-state index < -0.39 is 55.8 Å². The van der Waals surface area contributed by atoms with Crippen LogP contribution in [0.5, 0.6) is 0 Å². The molecule has 1 aliphatic rings. The zero-order chi connectivity index (χ0) is 39.1. The van der Waals surface area contributed by atoms with Gasteiger partial charge in [-0.15, -0.1) is 4.52 Å². The van der Waals surface area contributed by atoms with Gasteiger partial charge in [-0.05, 0) is 47.9 Å². The fraction of sp³-hybridized carbons (Fsp3) is 0.684. The Hall–Kier alpha value is -3.23. The summed E-state index contributed by atoms with van der Waals surface area (Å²) in [5.74, 6) is -2.33. The second-order valence-electron chi connectivity index (χ2n) is 14.6. The Kier molecular flexibility index (Phi) is 17.5. The molecule has 4 rings (SSSR count). The summed E-state index contributed by atoms with van der Waals surface area (Å²) in [6, 6.07) is 1.68. The van der Waals surface area contributed by atoms with Gasteiger partial charge in [-0.25, -0.2) is 13.8 Å². The molecule has 0 saturated carbocycles. The minimum Gasteiger partial charge on any atom is -0.464 e. The lowest BCUT2D eigenvalue weighted by atomic mass is 9.94. The van der Waals surface area contributed by atoms with Crippen molar-refractivity contribution in [3.05, 3.63) is 47.8 Å². The predicted molar refractivity (Wildman–Crippen MR) is 200 cm³/mol. The molecule has 4 N–H and O–H groups in total. The molecule has 2 aromatic heterocycles. The van der Waals surface area contributed by atoms with Gasteiger partial charge in [0.15, 0.2) is 23.0 Å². The molecule has 0 spiro atoms. The zero-order valence-electron chi connectivity index (χ0n) is 31.8. The van der Waals surface area contributed by atoms with Crippen LogP contribution >= 0.6 is 8.18 Å². The number of nitrogens with one attached hydrogen (secondary N) is 1. The van der Waals surface area contributed by atoms with Crippen LogP contribution in [-0.4, -0.2) is 61.6 Å². The van der Waals surface area contributed by atoms with Crippen molar-refractivity contribution in [2.75, 3.05) is 18.9 Å². The molecule has 0 amide bonds. The number of aliphatic hydroxyl groups is 1. The van der Waals surface area contributed by atoms with Gasteiger partial charge in [0.2, 0.25) is 0 Å². The van der Waals surface area contributed by atoms with E-state index in [0.717, 1.165) is 56.7 Å². The zero-order valence-corrected chi connectivity index (χ0v) is 32.7. The van der Waals surface area contributed by atoms with Crippen LogP contribution in [0.4, 0.5) is 19.0 Å². The number of imidazole rings is 1. The highest BCUT2D eigenvalue weighted by Gasteiger charge is 2.48. The molecular weight excluding hydrogens is 724 g/mol. The first-order valence-electron chi connectivity index (χ1n) is 19.4. The number of aromatic nitrogens is 4. The molecule has 1 unspecified atom stereocenters.